The number of carboxylic acid groups (broad SMARTS) is 1. The fourth-order valence-corrected chi connectivity index (χ4v) is 2.97. The van der Waals surface area contributed by atoms with Gasteiger partial charge in [0, 0.05) is 5.75 Å². The number of carbonyl (C=O) groups excluding carboxylic acids is 2. The van der Waals surface area contributed by atoms with Crippen molar-refractivity contribution in [3.05, 3.63) is 0 Å². The first-order chi connectivity index (χ1) is 9.53. The van der Waals surface area contributed by atoms with Crippen LogP contribution in [0.1, 0.15) is 34.6 Å². The first-order valence-corrected chi connectivity index (χ1v) is 7.74. The smallest absolute Gasteiger partial charge is 0.411 e. The highest BCUT2D eigenvalue weighted by molar-refractivity contribution is 8.00. The fraction of sp³-hybridized carbons (Fsp3) is 0.769. The Labute approximate surface area is 128 Å². The van der Waals surface area contributed by atoms with E-state index in [0.29, 0.717) is 5.75 Å². The SMILES string of the molecule is CC1SCC(C(=O)N[C@@H](C)C(=O)O)N1C(=O)OC(C)(C)C. The van der Waals surface area contributed by atoms with Crippen LogP contribution in [0.2, 0.25) is 0 Å². The van der Waals surface area contributed by atoms with Crippen LogP contribution in [-0.4, -0.2) is 56.8 Å². The molecule has 8 heteroatoms. The van der Waals surface area contributed by atoms with E-state index in [1.54, 1.807) is 20.8 Å². The summed E-state index contributed by atoms with van der Waals surface area (Å²) >= 11 is 1.45. The van der Waals surface area contributed by atoms with Crippen LogP contribution in [0, 0.1) is 0 Å². The quantitative estimate of drug-likeness (QED) is 0.813. The molecule has 7 nitrogen and oxygen atoms in total. The molecule has 1 fully saturated rings. The average Bonchev–Trinajstić information content (AvgIpc) is 2.68. The molecule has 1 aliphatic rings. The molecular weight excluding hydrogens is 296 g/mol. The second-order valence-electron chi connectivity index (χ2n) is 5.90. The van der Waals surface area contributed by atoms with Gasteiger partial charge in [-0.3, -0.25) is 14.5 Å². The number of nitrogens with one attached hydrogen (secondary N) is 1. The Hall–Kier alpha value is -1.44. The highest BCUT2D eigenvalue weighted by Gasteiger charge is 2.42. The highest BCUT2D eigenvalue weighted by Crippen LogP contribution is 2.30. The molecular formula is C13H22N2O5S. The molecule has 0 saturated carbocycles. The zero-order chi connectivity index (χ0) is 16.4. The summed E-state index contributed by atoms with van der Waals surface area (Å²) in [7, 11) is 0. The number of rotatable bonds is 3. The molecule has 1 aliphatic heterocycles. The Balaban J connectivity index is 2.79. The number of amides is 2. The molecule has 2 N–H and O–H groups in total. The van der Waals surface area contributed by atoms with Crippen LogP contribution in [0.4, 0.5) is 4.79 Å². The van der Waals surface area contributed by atoms with Crippen molar-refractivity contribution in [1.82, 2.24) is 10.2 Å². The van der Waals surface area contributed by atoms with Gasteiger partial charge in [-0.2, -0.15) is 0 Å². The molecule has 0 aliphatic carbocycles. The van der Waals surface area contributed by atoms with Gasteiger partial charge in [-0.25, -0.2) is 4.79 Å². The van der Waals surface area contributed by atoms with Crippen molar-refractivity contribution in [3.63, 3.8) is 0 Å². The van der Waals surface area contributed by atoms with E-state index in [-0.39, 0.29) is 5.37 Å². The number of aliphatic carboxylic acids is 1. The Bertz CT molecular complexity index is 435. The molecule has 0 spiro atoms. The summed E-state index contributed by atoms with van der Waals surface area (Å²) in [6.07, 6.45) is -0.567. The van der Waals surface area contributed by atoms with Gasteiger partial charge in [-0.1, -0.05) is 0 Å². The minimum Gasteiger partial charge on any atom is -0.480 e. The van der Waals surface area contributed by atoms with Crippen LogP contribution in [-0.2, 0) is 14.3 Å². The Morgan fingerprint density at radius 1 is 1.38 bits per heavy atom. The lowest BCUT2D eigenvalue weighted by Gasteiger charge is -2.30. The number of thioether (sulfide) groups is 1. The predicted molar refractivity (Wildman–Crippen MR) is 79.0 cm³/mol. The number of hydrogen-bond acceptors (Lipinski definition) is 5. The van der Waals surface area contributed by atoms with Gasteiger partial charge in [0.25, 0.3) is 0 Å². The van der Waals surface area contributed by atoms with Gasteiger partial charge < -0.3 is 15.2 Å². The number of carbonyl (C=O) groups is 3. The molecule has 2 amide bonds. The first-order valence-electron chi connectivity index (χ1n) is 6.69. The zero-order valence-electron chi connectivity index (χ0n) is 12.9. The summed E-state index contributed by atoms with van der Waals surface area (Å²) in [5, 5.41) is 11.0. The molecule has 120 valence electrons. The van der Waals surface area contributed by atoms with Gasteiger partial charge in [-0.05, 0) is 34.6 Å². The molecule has 1 rings (SSSR count). The van der Waals surface area contributed by atoms with Crippen molar-refractivity contribution < 1.29 is 24.2 Å². The average molecular weight is 318 g/mol. The molecule has 1 heterocycles. The maximum atomic E-state index is 12.2. The largest absolute Gasteiger partial charge is 0.480 e. The number of nitrogens with zero attached hydrogens (tertiary/aromatic N) is 1. The minimum atomic E-state index is -1.12. The van der Waals surface area contributed by atoms with Gasteiger partial charge in [-0.15, -0.1) is 11.8 Å². The predicted octanol–water partition coefficient (Wildman–Crippen LogP) is 1.27. The van der Waals surface area contributed by atoms with E-state index >= 15 is 0 Å². The molecule has 0 bridgehead atoms. The van der Waals surface area contributed by atoms with E-state index in [2.05, 4.69) is 5.32 Å². The van der Waals surface area contributed by atoms with Crippen LogP contribution in [0.25, 0.3) is 0 Å². The lowest BCUT2D eigenvalue weighted by molar-refractivity contribution is -0.141. The third-order valence-corrected chi connectivity index (χ3v) is 4.08. The second kappa shape index (κ2) is 6.55. The maximum Gasteiger partial charge on any atom is 0.411 e. The van der Waals surface area contributed by atoms with Crippen LogP contribution in [0.3, 0.4) is 0 Å². The molecule has 0 aromatic heterocycles. The van der Waals surface area contributed by atoms with E-state index in [9.17, 15) is 14.4 Å². The van der Waals surface area contributed by atoms with Crippen molar-refractivity contribution >= 4 is 29.7 Å². The zero-order valence-corrected chi connectivity index (χ0v) is 13.7. The van der Waals surface area contributed by atoms with Crippen LogP contribution in [0.5, 0.6) is 0 Å². The monoisotopic (exact) mass is 318 g/mol. The number of carboxylic acids is 1. The third kappa shape index (κ3) is 4.80. The fourth-order valence-electron chi connectivity index (χ4n) is 1.81. The summed E-state index contributed by atoms with van der Waals surface area (Å²) in [6, 6.07) is -1.72. The summed E-state index contributed by atoms with van der Waals surface area (Å²) in [5.74, 6) is -1.18. The summed E-state index contributed by atoms with van der Waals surface area (Å²) in [5.41, 5.74) is -0.653. The molecule has 2 unspecified atom stereocenters. The van der Waals surface area contributed by atoms with Crippen LogP contribution in [0.15, 0.2) is 0 Å². The van der Waals surface area contributed by atoms with E-state index in [0.717, 1.165) is 0 Å². The second-order valence-corrected chi connectivity index (χ2v) is 7.25. The molecule has 0 aromatic carbocycles. The lowest BCUT2D eigenvalue weighted by Crippen LogP contribution is -2.53. The molecule has 21 heavy (non-hydrogen) atoms. The number of hydrogen-bond donors (Lipinski definition) is 2. The summed E-state index contributed by atoms with van der Waals surface area (Å²) < 4.78 is 5.30. The van der Waals surface area contributed by atoms with Crippen molar-refractivity contribution in [3.8, 4) is 0 Å². The van der Waals surface area contributed by atoms with Gasteiger partial charge in [0.2, 0.25) is 5.91 Å². The van der Waals surface area contributed by atoms with E-state index in [1.807, 2.05) is 6.92 Å². The van der Waals surface area contributed by atoms with Gasteiger partial charge in [0.15, 0.2) is 0 Å². The van der Waals surface area contributed by atoms with Gasteiger partial charge in [0.05, 0.1) is 5.37 Å². The Kier molecular flexibility index (Phi) is 5.49. The van der Waals surface area contributed by atoms with E-state index in [1.165, 1.54) is 23.6 Å². The van der Waals surface area contributed by atoms with E-state index < -0.39 is 35.7 Å². The van der Waals surface area contributed by atoms with Gasteiger partial charge in [0.1, 0.15) is 17.7 Å². The minimum absolute atomic E-state index is 0.198. The van der Waals surface area contributed by atoms with Crippen molar-refractivity contribution in [2.45, 2.75) is 57.7 Å². The summed E-state index contributed by atoms with van der Waals surface area (Å²) in [6.45, 7) is 8.44. The van der Waals surface area contributed by atoms with Crippen molar-refractivity contribution in [1.29, 1.82) is 0 Å². The maximum absolute atomic E-state index is 12.2. The molecule has 0 radical (unpaired) electrons. The lowest BCUT2D eigenvalue weighted by atomic mass is 10.2. The normalized spacial score (nSPS) is 23.6. The Morgan fingerprint density at radius 3 is 2.43 bits per heavy atom. The topological polar surface area (TPSA) is 95.9 Å². The van der Waals surface area contributed by atoms with Crippen molar-refractivity contribution in [2.24, 2.45) is 0 Å². The first kappa shape index (κ1) is 17.6. The number of ether oxygens (including phenoxy) is 1. The molecule has 0 aromatic rings. The van der Waals surface area contributed by atoms with Crippen LogP contribution < -0.4 is 5.32 Å². The summed E-state index contributed by atoms with van der Waals surface area (Å²) in [4.78, 5) is 36.5. The standard InChI is InChI=1S/C13H22N2O5S/c1-7(11(17)18)14-10(16)9-6-21-8(2)15(9)12(19)20-13(3,4)5/h7-9H,6H2,1-5H3,(H,14,16)(H,17,18)/t7-,8?,9?/m0/s1. The van der Waals surface area contributed by atoms with Gasteiger partial charge >= 0.3 is 12.1 Å². The Morgan fingerprint density at radius 2 is 1.95 bits per heavy atom. The highest BCUT2D eigenvalue weighted by atomic mass is 32.2. The molecule has 1 saturated heterocycles. The van der Waals surface area contributed by atoms with E-state index in [4.69, 9.17) is 9.84 Å². The van der Waals surface area contributed by atoms with Crippen molar-refractivity contribution in [2.75, 3.05) is 5.75 Å². The third-order valence-electron chi connectivity index (χ3n) is 2.86. The van der Waals surface area contributed by atoms with Crippen LogP contribution >= 0.6 is 11.8 Å². The molecule has 3 atom stereocenters.